The smallest absolute Gasteiger partial charge is 0.408 e. The minimum absolute atomic E-state index is 0.0901. The number of carbonyl (C=O) groups excluding carboxylic acids is 2. The lowest BCUT2D eigenvalue weighted by atomic mass is 10.0. The van der Waals surface area contributed by atoms with Gasteiger partial charge >= 0.3 is 6.09 Å². The first-order chi connectivity index (χ1) is 9.40. The molecule has 0 spiro atoms. The molecule has 1 unspecified atom stereocenters. The van der Waals surface area contributed by atoms with Crippen molar-refractivity contribution >= 4 is 12.0 Å². The van der Waals surface area contributed by atoms with Crippen LogP contribution in [0.4, 0.5) is 4.79 Å². The zero-order valence-electron chi connectivity index (χ0n) is 12.4. The number of carbonyl (C=O) groups is 2. The fraction of sp³-hybridized carbons (Fsp3) is 0.467. The van der Waals surface area contributed by atoms with Crippen LogP contribution in [0.25, 0.3) is 0 Å². The Morgan fingerprint density at radius 1 is 1.40 bits per heavy atom. The second-order valence-corrected chi connectivity index (χ2v) is 4.78. The van der Waals surface area contributed by atoms with E-state index in [4.69, 9.17) is 10.5 Å². The number of allylic oxidation sites excluding steroid dienone is 3. The van der Waals surface area contributed by atoms with E-state index in [-0.39, 0.29) is 12.5 Å². The SMILES string of the molecule is C=C/C(=C\C=C/C)COC(=O)NC(CC(C)C)C(N)=O. The highest BCUT2D eigenvalue weighted by molar-refractivity contribution is 5.84. The zero-order chi connectivity index (χ0) is 15.5. The fourth-order valence-corrected chi connectivity index (χ4v) is 1.45. The lowest BCUT2D eigenvalue weighted by Crippen LogP contribution is -2.45. The van der Waals surface area contributed by atoms with E-state index in [1.165, 1.54) is 0 Å². The molecular weight excluding hydrogens is 256 g/mol. The minimum atomic E-state index is -0.714. The Kier molecular flexibility index (Phi) is 8.83. The molecule has 2 amide bonds. The summed E-state index contributed by atoms with van der Waals surface area (Å²) in [6, 6.07) is -0.714. The highest BCUT2D eigenvalue weighted by Gasteiger charge is 2.19. The van der Waals surface area contributed by atoms with Crippen molar-refractivity contribution in [3.63, 3.8) is 0 Å². The Hall–Kier alpha value is -2.04. The van der Waals surface area contributed by atoms with Crippen molar-refractivity contribution in [3.8, 4) is 0 Å². The van der Waals surface area contributed by atoms with Crippen molar-refractivity contribution in [2.75, 3.05) is 6.61 Å². The summed E-state index contributed by atoms with van der Waals surface area (Å²) >= 11 is 0. The van der Waals surface area contributed by atoms with Crippen LogP contribution in [0.2, 0.25) is 0 Å². The summed E-state index contributed by atoms with van der Waals surface area (Å²) in [4.78, 5) is 22.8. The van der Waals surface area contributed by atoms with E-state index in [0.29, 0.717) is 6.42 Å². The van der Waals surface area contributed by atoms with Gasteiger partial charge < -0.3 is 15.8 Å². The molecular formula is C15H24N2O3. The molecule has 5 heteroatoms. The number of hydrogen-bond donors (Lipinski definition) is 2. The predicted molar refractivity (Wildman–Crippen MR) is 80.0 cm³/mol. The molecule has 1 atom stereocenters. The minimum Gasteiger partial charge on any atom is -0.445 e. The van der Waals surface area contributed by atoms with Crippen LogP contribution in [0.1, 0.15) is 27.2 Å². The van der Waals surface area contributed by atoms with Crippen LogP contribution in [-0.4, -0.2) is 24.6 Å². The molecule has 0 aliphatic rings. The predicted octanol–water partition coefficient (Wildman–Crippen LogP) is 2.30. The molecule has 0 aromatic rings. The molecule has 0 heterocycles. The molecule has 0 aromatic heterocycles. The largest absolute Gasteiger partial charge is 0.445 e. The zero-order valence-corrected chi connectivity index (χ0v) is 12.4. The molecule has 0 aliphatic heterocycles. The van der Waals surface area contributed by atoms with E-state index in [2.05, 4.69) is 11.9 Å². The summed E-state index contributed by atoms with van der Waals surface area (Å²) in [5.74, 6) is -0.324. The lowest BCUT2D eigenvalue weighted by molar-refractivity contribution is -0.120. The second-order valence-electron chi connectivity index (χ2n) is 4.78. The third kappa shape index (κ3) is 8.13. The van der Waals surface area contributed by atoms with Crippen LogP contribution < -0.4 is 11.1 Å². The van der Waals surface area contributed by atoms with E-state index in [1.54, 1.807) is 12.2 Å². The van der Waals surface area contributed by atoms with Gasteiger partial charge in [-0.2, -0.15) is 0 Å². The summed E-state index contributed by atoms with van der Waals surface area (Å²) in [5.41, 5.74) is 6.00. The molecule has 0 rings (SSSR count). The monoisotopic (exact) mass is 280 g/mol. The van der Waals surface area contributed by atoms with Gasteiger partial charge in [-0.05, 0) is 24.8 Å². The van der Waals surface area contributed by atoms with Gasteiger partial charge in [0.2, 0.25) is 5.91 Å². The first-order valence-electron chi connectivity index (χ1n) is 6.57. The molecule has 0 saturated heterocycles. The standard InChI is InChI=1S/C15H24N2O3/c1-5-7-8-12(6-2)10-20-15(19)17-13(14(16)18)9-11(3)4/h5-8,11,13H,2,9-10H2,1,3-4H3,(H2,16,18)(H,17,19)/b7-5-,12-8+. The number of nitrogens with one attached hydrogen (secondary N) is 1. The van der Waals surface area contributed by atoms with Gasteiger partial charge in [0.15, 0.2) is 0 Å². The molecule has 3 N–H and O–H groups in total. The quantitative estimate of drug-likeness (QED) is 0.669. The Balaban J connectivity index is 4.39. The molecule has 5 nitrogen and oxygen atoms in total. The van der Waals surface area contributed by atoms with Crippen LogP contribution in [0.3, 0.4) is 0 Å². The number of ether oxygens (including phenoxy) is 1. The first-order valence-corrected chi connectivity index (χ1v) is 6.57. The van der Waals surface area contributed by atoms with Crippen molar-refractivity contribution < 1.29 is 14.3 Å². The fourth-order valence-electron chi connectivity index (χ4n) is 1.45. The molecule has 112 valence electrons. The lowest BCUT2D eigenvalue weighted by Gasteiger charge is -2.17. The van der Waals surface area contributed by atoms with Crippen molar-refractivity contribution in [1.82, 2.24) is 5.32 Å². The number of alkyl carbamates (subject to hydrolysis) is 1. The number of primary amides is 1. The van der Waals surface area contributed by atoms with Crippen LogP contribution in [0.5, 0.6) is 0 Å². The van der Waals surface area contributed by atoms with Crippen molar-refractivity contribution in [2.24, 2.45) is 11.7 Å². The molecule has 0 aromatic carbocycles. The van der Waals surface area contributed by atoms with Crippen molar-refractivity contribution in [1.29, 1.82) is 0 Å². The third-order valence-electron chi connectivity index (χ3n) is 2.48. The molecule has 0 aliphatic carbocycles. The maximum atomic E-state index is 11.6. The normalized spacial score (nSPS) is 13.3. The summed E-state index contributed by atoms with van der Waals surface area (Å²) < 4.78 is 5.02. The van der Waals surface area contributed by atoms with Crippen molar-refractivity contribution in [3.05, 3.63) is 36.5 Å². The van der Waals surface area contributed by atoms with Gasteiger partial charge in [0.1, 0.15) is 12.6 Å². The van der Waals surface area contributed by atoms with E-state index >= 15 is 0 Å². The van der Waals surface area contributed by atoms with Gasteiger partial charge in [-0.3, -0.25) is 4.79 Å². The number of rotatable bonds is 8. The van der Waals surface area contributed by atoms with Gasteiger partial charge in [0.05, 0.1) is 0 Å². The summed E-state index contributed by atoms with van der Waals surface area (Å²) in [5, 5.41) is 2.47. The highest BCUT2D eigenvalue weighted by Crippen LogP contribution is 2.05. The van der Waals surface area contributed by atoms with Gasteiger partial charge in [0, 0.05) is 0 Å². The summed E-state index contributed by atoms with van der Waals surface area (Å²) in [7, 11) is 0. The van der Waals surface area contributed by atoms with Gasteiger partial charge in [-0.1, -0.05) is 44.7 Å². The molecule has 20 heavy (non-hydrogen) atoms. The summed E-state index contributed by atoms with van der Waals surface area (Å²) in [6.07, 6.45) is 6.89. The number of hydrogen-bond acceptors (Lipinski definition) is 3. The van der Waals surface area contributed by atoms with Crippen LogP contribution >= 0.6 is 0 Å². The Morgan fingerprint density at radius 3 is 2.50 bits per heavy atom. The Morgan fingerprint density at radius 2 is 2.05 bits per heavy atom. The van der Waals surface area contributed by atoms with Crippen LogP contribution in [0.15, 0.2) is 36.5 Å². The van der Waals surface area contributed by atoms with Crippen LogP contribution in [-0.2, 0) is 9.53 Å². The van der Waals surface area contributed by atoms with Gasteiger partial charge in [-0.25, -0.2) is 4.79 Å². The van der Waals surface area contributed by atoms with E-state index in [9.17, 15) is 9.59 Å². The highest BCUT2D eigenvalue weighted by atomic mass is 16.5. The van der Waals surface area contributed by atoms with Gasteiger partial charge in [-0.15, -0.1) is 0 Å². The molecule has 0 saturated carbocycles. The maximum absolute atomic E-state index is 11.6. The third-order valence-corrected chi connectivity index (χ3v) is 2.48. The van der Waals surface area contributed by atoms with Crippen molar-refractivity contribution in [2.45, 2.75) is 33.2 Å². The van der Waals surface area contributed by atoms with Crippen LogP contribution in [0, 0.1) is 5.92 Å². The molecule has 0 radical (unpaired) electrons. The van der Waals surface area contributed by atoms with E-state index in [1.807, 2.05) is 32.9 Å². The average Bonchev–Trinajstić information content (AvgIpc) is 2.37. The molecule has 0 bridgehead atoms. The topological polar surface area (TPSA) is 81.4 Å². The number of amides is 2. The second kappa shape index (κ2) is 9.83. The maximum Gasteiger partial charge on any atom is 0.408 e. The summed E-state index contributed by atoms with van der Waals surface area (Å²) in [6.45, 7) is 9.49. The molecule has 0 fully saturated rings. The first kappa shape index (κ1) is 18.0. The van der Waals surface area contributed by atoms with E-state index in [0.717, 1.165) is 5.57 Å². The van der Waals surface area contributed by atoms with Gasteiger partial charge in [0.25, 0.3) is 0 Å². The number of nitrogens with two attached hydrogens (primary N) is 1. The van der Waals surface area contributed by atoms with E-state index < -0.39 is 18.0 Å². The Labute approximate surface area is 120 Å². The average molecular weight is 280 g/mol. The Bertz CT molecular complexity index is 398.